The molecule has 3 aromatic carbocycles. The van der Waals surface area contributed by atoms with Crippen LogP contribution in [0.4, 0.5) is 11.4 Å². The molecule has 1 amide bonds. The molecule has 2 atom stereocenters. The van der Waals surface area contributed by atoms with Gasteiger partial charge in [-0.2, -0.15) is 5.26 Å². The molecule has 3 N–H and O–H groups in total. The normalized spacial score (nSPS) is 18.6. The average Bonchev–Trinajstić information content (AvgIpc) is 3.47. The number of carbonyl (C=O) groups is 2. The molecule has 0 spiro atoms. The standard InChI is InChI=1S/C30H25N3O3/c31-18-23(29(32)34)16-21-10-15-28-26(17-21)25-2-1-3-27(25)33(28)24-13-8-20(9-14-24)5-4-19-6-11-22(12-7-19)30(35)36/h4-17,25,27H,1-3H2,(H2,32,34)(H,35,36)/b5-4+,23-16?. The van der Waals surface area contributed by atoms with Crippen LogP contribution in [0.5, 0.6) is 0 Å². The van der Waals surface area contributed by atoms with Crippen LogP contribution in [0.15, 0.2) is 72.3 Å². The lowest BCUT2D eigenvalue weighted by Crippen LogP contribution is -2.26. The molecule has 1 fully saturated rings. The zero-order valence-corrected chi connectivity index (χ0v) is 19.6. The molecule has 36 heavy (non-hydrogen) atoms. The molecule has 1 heterocycles. The molecule has 2 unspecified atom stereocenters. The van der Waals surface area contributed by atoms with Crippen LogP contribution < -0.4 is 10.6 Å². The van der Waals surface area contributed by atoms with Gasteiger partial charge in [0.15, 0.2) is 0 Å². The number of fused-ring (bicyclic) bond motifs is 3. The van der Waals surface area contributed by atoms with Gasteiger partial charge in [-0.1, -0.05) is 48.9 Å². The number of rotatable bonds is 6. The number of hydrogen-bond acceptors (Lipinski definition) is 4. The molecule has 178 valence electrons. The van der Waals surface area contributed by atoms with Gasteiger partial charge in [0.1, 0.15) is 11.6 Å². The first-order valence-corrected chi connectivity index (χ1v) is 11.9. The molecule has 5 rings (SSSR count). The molecule has 1 aliphatic carbocycles. The van der Waals surface area contributed by atoms with Crippen molar-refractivity contribution < 1.29 is 14.7 Å². The van der Waals surface area contributed by atoms with Gasteiger partial charge in [0.2, 0.25) is 0 Å². The summed E-state index contributed by atoms with van der Waals surface area (Å²) in [6, 6.07) is 23.6. The number of carboxylic acid groups (broad SMARTS) is 1. The fourth-order valence-corrected chi connectivity index (χ4v) is 5.30. The summed E-state index contributed by atoms with van der Waals surface area (Å²) in [5.74, 6) is -1.23. The number of nitrogens with zero attached hydrogens (tertiary/aromatic N) is 2. The molecule has 2 aliphatic rings. The number of nitriles is 1. The van der Waals surface area contributed by atoms with Crippen LogP contribution in [0.25, 0.3) is 18.2 Å². The van der Waals surface area contributed by atoms with Gasteiger partial charge in [-0.15, -0.1) is 0 Å². The maximum atomic E-state index is 11.5. The molecule has 0 bridgehead atoms. The highest BCUT2D eigenvalue weighted by Crippen LogP contribution is 2.52. The monoisotopic (exact) mass is 475 g/mol. The second-order valence-electron chi connectivity index (χ2n) is 9.18. The van der Waals surface area contributed by atoms with E-state index in [0.717, 1.165) is 41.6 Å². The van der Waals surface area contributed by atoms with Crippen molar-refractivity contribution >= 4 is 41.5 Å². The van der Waals surface area contributed by atoms with E-state index in [-0.39, 0.29) is 11.1 Å². The van der Waals surface area contributed by atoms with E-state index in [1.165, 1.54) is 11.3 Å². The smallest absolute Gasteiger partial charge is 0.335 e. The minimum atomic E-state index is -0.931. The van der Waals surface area contributed by atoms with Crippen LogP contribution in [0, 0.1) is 11.3 Å². The SMILES string of the molecule is N#CC(=Cc1ccc2c(c1)C1CCCC1N2c1ccc(/C=C/c2ccc(C(=O)O)cc2)cc1)C(N)=O. The Kier molecular flexibility index (Phi) is 6.14. The van der Waals surface area contributed by atoms with Crippen molar-refractivity contribution in [2.45, 2.75) is 31.2 Å². The largest absolute Gasteiger partial charge is 0.478 e. The van der Waals surface area contributed by atoms with Crippen LogP contribution in [0.3, 0.4) is 0 Å². The number of hydrogen-bond donors (Lipinski definition) is 2. The van der Waals surface area contributed by atoms with Gasteiger partial charge in [0.25, 0.3) is 5.91 Å². The Bertz CT molecular complexity index is 1430. The predicted octanol–water partition coefficient (Wildman–Crippen LogP) is 5.74. The van der Waals surface area contributed by atoms with E-state index in [0.29, 0.717) is 12.0 Å². The van der Waals surface area contributed by atoms with Crippen molar-refractivity contribution in [2.24, 2.45) is 5.73 Å². The second-order valence-corrected chi connectivity index (χ2v) is 9.18. The summed E-state index contributed by atoms with van der Waals surface area (Å²) >= 11 is 0. The number of amides is 1. The Balaban J connectivity index is 1.40. The molecule has 1 saturated carbocycles. The van der Waals surface area contributed by atoms with Crippen molar-refractivity contribution in [3.63, 3.8) is 0 Å². The fraction of sp³-hybridized carbons (Fsp3) is 0.167. The Hall–Kier alpha value is -4.63. The van der Waals surface area contributed by atoms with Crippen molar-refractivity contribution in [2.75, 3.05) is 4.90 Å². The first-order valence-electron chi connectivity index (χ1n) is 11.9. The fourth-order valence-electron chi connectivity index (χ4n) is 5.30. The van der Waals surface area contributed by atoms with E-state index in [9.17, 15) is 14.9 Å². The maximum Gasteiger partial charge on any atom is 0.335 e. The average molecular weight is 476 g/mol. The van der Waals surface area contributed by atoms with Gasteiger partial charge in [-0.05, 0) is 77.6 Å². The van der Waals surface area contributed by atoms with Crippen molar-refractivity contribution in [1.82, 2.24) is 0 Å². The minimum absolute atomic E-state index is 0.0470. The van der Waals surface area contributed by atoms with Crippen molar-refractivity contribution in [1.29, 1.82) is 5.26 Å². The molecule has 3 aromatic rings. The molecular weight excluding hydrogens is 450 g/mol. The van der Waals surface area contributed by atoms with Crippen LogP contribution in [0.1, 0.15) is 57.8 Å². The summed E-state index contributed by atoms with van der Waals surface area (Å²) in [5.41, 5.74) is 11.9. The van der Waals surface area contributed by atoms with Crippen molar-refractivity contribution in [3.05, 3.63) is 100 Å². The molecule has 0 radical (unpaired) electrons. The molecule has 6 heteroatoms. The lowest BCUT2D eigenvalue weighted by molar-refractivity contribution is -0.114. The first-order chi connectivity index (χ1) is 17.4. The van der Waals surface area contributed by atoms with Crippen LogP contribution in [-0.2, 0) is 4.79 Å². The second kappa shape index (κ2) is 9.55. The number of carboxylic acids is 1. The predicted molar refractivity (Wildman–Crippen MR) is 141 cm³/mol. The van der Waals surface area contributed by atoms with Gasteiger partial charge >= 0.3 is 5.97 Å². The highest BCUT2D eigenvalue weighted by atomic mass is 16.4. The van der Waals surface area contributed by atoms with Gasteiger partial charge in [0, 0.05) is 23.3 Å². The molecule has 0 aromatic heterocycles. The van der Waals surface area contributed by atoms with Crippen molar-refractivity contribution in [3.8, 4) is 6.07 Å². The topological polar surface area (TPSA) is 107 Å². The summed E-state index contributed by atoms with van der Waals surface area (Å²) in [5, 5.41) is 18.2. The summed E-state index contributed by atoms with van der Waals surface area (Å²) < 4.78 is 0. The number of primary amides is 1. The Morgan fingerprint density at radius 1 is 0.944 bits per heavy atom. The van der Waals surface area contributed by atoms with Gasteiger partial charge in [0.05, 0.1) is 5.56 Å². The van der Waals surface area contributed by atoms with Gasteiger partial charge < -0.3 is 15.7 Å². The number of carbonyl (C=O) groups excluding carboxylic acids is 1. The number of benzene rings is 3. The van der Waals surface area contributed by atoms with Crippen LogP contribution >= 0.6 is 0 Å². The summed E-state index contributed by atoms with van der Waals surface area (Å²) in [6.45, 7) is 0. The van der Waals surface area contributed by atoms with E-state index < -0.39 is 11.9 Å². The molecule has 0 saturated heterocycles. The molecular formula is C30H25N3O3. The Morgan fingerprint density at radius 2 is 1.58 bits per heavy atom. The van der Waals surface area contributed by atoms with E-state index in [1.807, 2.05) is 24.3 Å². The van der Waals surface area contributed by atoms with Crippen LogP contribution in [-0.4, -0.2) is 23.0 Å². The highest BCUT2D eigenvalue weighted by molar-refractivity contribution is 6.00. The maximum absolute atomic E-state index is 11.5. The summed E-state index contributed by atoms with van der Waals surface area (Å²) in [7, 11) is 0. The first kappa shape index (κ1) is 23.1. The summed E-state index contributed by atoms with van der Waals surface area (Å²) in [6.07, 6.45) is 8.94. The van der Waals surface area contributed by atoms with Gasteiger partial charge in [-0.25, -0.2) is 4.79 Å². The number of nitrogens with two attached hydrogens (primary N) is 1. The lowest BCUT2D eigenvalue weighted by Gasteiger charge is -2.27. The minimum Gasteiger partial charge on any atom is -0.478 e. The number of anilines is 2. The van der Waals surface area contributed by atoms with E-state index in [2.05, 4.69) is 41.3 Å². The Labute approximate surface area is 209 Å². The zero-order valence-electron chi connectivity index (χ0n) is 19.6. The molecule has 6 nitrogen and oxygen atoms in total. The zero-order chi connectivity index (χ0) is 25.2. The third-order valence-corrected chi connectivity index (χ3v) is 7.02. The third kappa shape index (κ3) is 4.39. The van der Waals surface area contributed by atoms with Crippen LogP contribution in [0.2, 0.25) is 0 Å². The quantitative estimate of drug-likeness (QED) is 0.269. The third-order valence-electron chi connectivity index (χ3n) is 7.02. The highest BCUT2D eigenvalue weighted by Gasteiger charge is 2.42. The van der Waals surface area contributed by atoms with Gasteiger partial charge in [-0.3, -0.25) is 4.79 Å². The number of aromatic carboxylic acids is 1. The van der Waals surface area contributed by atoms with E-state index in [1.54, 1.807) is 30.3 Å². The van der Waals surface area contributed by atoms with E-state index >= 15 is 0 Å². The Morgan fingerprint density at radius 3 is 2.19 bits per heavy atom. The molecule has 1 aliphatic heterocycles. The summed E-state index contributed by atoms with van der Waals surface area (Å²) in [4.78, 5) is 24.9. The van der Waals surface area contributed by atoms with E-state index in [4.69, 9.17) is 10.8 Å². The lowest BCUT2D eigenvalue weighted by atomic mass is 9.95.